The van der Waals surface area contributed by atoms with Crippen molar-refractivity contribution in [3.8, 4) is 5.75 Å². The number of hydrogen-bond acceptors (Lipinski definition) is 4. The molecule has 6 heteroatoms. The molecule has 0 saturated heterocycles. The van der Waals surface area contributed by atoms with Gasteiger partial charge in [0.15, 0.2) is 0 Å². The largest absolute Gasteiger partial charge is 0.486 e. The average Bonchev–Trinajstić information content (AvgIpc) is 2.46. The number of likely N-dealkylation sites (N-methyl/N-ethyl adjacent to an activating group) is 1. The van der Waals surface area contributed by atoms with Crippen LogP contribution < -0.4 is 10.1 Å². The van der Waals surface area contributed by atoms with Crippen LogP contribution in [0.2, 0.25) is 10.0 Å². The number of hydrogen-bond donors (Lipinski definition) is 1. The lowest BCUT2D eigenvalue weighted by Crippen LogP contribution is -2.61. The SMILES string of the molecule is CCNC1CC(Oc2cccc(Cl)c2Cl)C1OCCOC. The highest BCUT2D eigenvalue weighted by molar-refractivity contribution is 6.42. The lowest BCUT2D eigenvalue weighted by atomic mass is 9.85. The molecular formula is C15H21Cl2NO3. The van der Waals surface area contributed by atoms with E-state index in [2.05, 4.69) is 12.2 Å². The minimum Gasteiger partial charge on any atom is -0.486 e. The molecule has 4 nitrogen and oxygen atoms in total. The lowest BCUT2D eigenvalue weighted by Gasteiger charge is -2.44. The molecule has 2 rings (SSSR count). The second kappa shape index (κ2) is 8.20. The number of rotatable bonds is 8. The summed E-state index contributed by atoms with van der Waals surface area (Å²) in [5.74, 6) is 0.601. The molecule has 0 aromatic heterocycles. The zero-order valence-electron chi connectivity index (χ0n) is 12.3. The van der Waals surface area contributed by atoms with Crippen molar-refractivity contribution in [1.82, 2.24) is 5.32 Å². The maximum absolute atomic E-state index is 6.16. The van der Waals surface area contributed by atoms with Crippen molar-refractivity contribution in [3.05, 3.63) is 28.2 Å². The van der Waals surface area contributed by atoms with E-state index >= 15 is 0 Å². The summed E-state index contributed by atoms with van der Waals surface area (Å²) in [6.07, 6.45) is 0.853. The number of ether oxygens (including phenoxy) is 3. The van der Waals surface area contributed by atoms with Gasteiger partial charge in [-0.2, -0.15) is 0 Å². The van der Waals surface area contributed by atoms with Crippen LogP contribution in [-0.4, -0.2) is 45.1 Å². The number of nitrogens with one attached hydrogen (secondary N) is 1. The van der Waals surface area contributed by atoms with Crippen molar-refractivity contribution < 1.29 is 14.2 Å². The van der Waals surface area contributed by atoms with Crippen molar-refractivity contribution in [3.63, 3.8) is 0 Å². The summed E-state index contributed by atoms with van der Waals surface area (Å²) in [5, 5.41) is 4.34. The van der Waals surface area contributed by atoms with Gasteiger partial charge in [-0.25, -0.2) is 0 Å². The van der Waals surface area contributed by atoms with E-state index in [4.69, 9.17) is 37.4 Å². The van der Waals surface area contributed by atoms with E-state index in [0.717, 1.165) is 13.0 Å². The van der Waals surface area contributed by atoms with Gasteiger partial charge < -0.3 is 19.5 Å². The predicted molar refractivity (Wildman–Crippen MR) is 84.6 cm³/mol. The maximum atomic E-state index is 6.16. The Bertz CT molecular complexity index is 459. The van der Waals surface area contributed by atoms with Crippen molar-refractivity contribution in [2.75, 3.05) is 26.9 Å². The fraction of sp³-hybridized carbons (Fsp3) is 0.600. The van der Waals surface area contributed by atoms with Gasteiger partial charge in [0.05, 0.1) is 18.2 Å². The highest BCUT2D eigenvalue weighted by Crippen LogP contribution is 2.36. The lowest BCUT2D eigenvalue weighted by molar-refractivity contribution is -0.115. The van der Waals surface area contributed by atoms with Crippen LogP contribution in [0, 0.1) is 0 Å². The molecule has 1 aliphatic rings. The molecule has 0 aliphatic heterocycles. The van der Waals surface area contributed by atoms with Gasteiger partial charge in [0.25, 0.3) is 0 Å². The van der Waals surface area contributed by atoms with Crippen LogP contribution in [0.4, 0.5) is 0 Å². The Morgan fingerprint density at radius 2 is 2.10 bits per heavy atom. The normalized spacial score (nSPS) is 24.7. The minimum atomic E-state index is -0.0260. The molecular weight excluding hydrogens is 313 g/mol. The number of halogens is 2. The molecule has 118 valence electrons. The van der Waals surface area contributed by atoms with Gasteiger partial charge in [-0.3, -0.25) is 0 Å². The van der Waals surface area contributed by atoms with Gasteiger partial charge >= 0.3 is 0 Å². The molecule has 0 radical (unpaired) electrons. The van der Waals surface area contributed by atoms with Crippen LogP contribution in [0.5, 0.6) is 5.75 Å². The smallest absolute Gasteiger partial charge is 0.139 e. The first-order valence-corrected chi connectivity index (χ1v) is 7.87. The first-order valence-electron chi connectivity index (χ1n) is 7.12. The van der Waals surface area contributed by atoms with Gasteiger partial charge in [0, 0.05) is 19.6 Å². The van der Waals surface area contributed by atoms with Crippen molar-refractivity contribution in [1.29, 1.82) is 0 Å². The maximum Gasteiger partial charge on any atom is 0.139 e. The van der Waals surface area contributed by atoms with Crippen LogP contribution >= 0.6 is 23.2 Å². The summed E-state index contributed by atoms with van der Waals surface area (Å²) in [6, 6.07) is 5.69. The minimum absolute atomic E-state index is 0.00449. The Labute approximate surface area is 135 Å². The Kier molecular flexibility index (Phi) is 6.58. The van der Waals surface area contributed by atoms with E-state index in [9.17, 15) is 0 Å². The van der Waals surface area contributed by atoms with Crippen molar-refractivity contribution in [2.24, 2.45) is 0 Å². The van der Waals surface area contributed by atoms with Crippen LogP contribution in [0.3, 0.4) is 0 Å². The summed E-state index contributed by atoms with van der Waals surface area (Å²) < 4.78 is 16.8. The summed E-state index contributed by atoms with van der Waals surface area (Å²) in [6.45, 7) is 4.10. The van der Waals surface area contributed by atoms with Gasteiger partial charge in [-0.15, -0.1) is 0 Å². The second-order valence-electron chi connectivity index (χ2n) is 4.94. The summed E-state index contributed by atoms with van der Waals surface area (Å²) in [4.78, 5) is 0. The highest BCUT2D eigenvalue weighted by atomic mass is 35.5. The van der Waals surface area contributed by atoms with Gasteiger partial charge in [-0.1, -0.05) is 36.2 Å². The molecule has 1 N–H and O–H groups in total. The third-order valence-corrected chi connectivity index (χ3v) is 4.31. The van der Waals surface area contributed by atoms with Crippen LogP contribution in [0.1, 0.15) is 13.3 Å². The molecule has 0 amide bonds. The first kappa shape index (κ1) is 16.8. The third kappa shape index (κ3) is 4.24. The molecule has 1 aromatic rings. The number of benzene rings is 1. The fourth-order valence-corrected chi connectivity index (χ4v) is 2.72. The zero-order chi connectivity index (χ0) is 15.2. The quantitative estimate of drug-likeness (QED) is 0.742. The average molecular weight is 334 g/mol. The van der Waals surface area contributed by atoms with E-state index in [0.29, 0.717) is 35.1 Å². The van der Waals surface area contributed by atoms with Gasteiger partial charge in [0.2, 0.25) is 0 Å². The molecule has 1 fully saturated rings. The van der Waals surface area contributed by atoms with Gasteiger partial charge in [-0.05, 0) is 18.7 Å². The standard InChI is InChI=1S/C15H21Cl2NO3/c1-3-18-11-9-13(15(11)20-8-7-19-2)21-12-6-4-5-10(16)14(12)17/h4-6,11,13,15,18H,3,7-9H2,1-2H3. The molecule has 1 aliphatic carbocycles. The number of methoxy groups -OCH3 is 1. The van der Waals surface area contributed by atoms with Crippen LogP contribution in [0.15, 0.2) is 18.2 Å². The molecule has 0 heterocycles. The summed E-state index contributed by atoms with van der Waals surface area (Å²) >= 11 is 12.2. The molecule has 3 atom stereocenters. The third-order valence-electron chi connectivity index (χ3n) is 3.51. The Hall–Kier alpha value is -0.520. The second-order valence-corrected chi connectivity index (χ2v) is 5.72. The van der Waals surface area contributed by atoms with E-state index in [1.165, 1.54) is 0 Å². The topological polar surface area (TPSA) is 39.7 Å². The molecule has 3 unspecified atom stereocenters. The van der Waals surface area contributed by atoms with E-state index in [1.807, 2.05) is 12.1 Å². The predicted octanol–water partition coefficient (Wildman–Crippen LogP) is 3.15. The first-order chi connectivity index (χ1) is 10.2. The summed E-state index contributed by atoms with van der Waals surface area (Å²) in [5.41, 5.74) is 0. The Balaban J connectivity index is 1.96. The molecule has 21 heavy (non-hydrogen) atoms. The molecule has 0 bridgehead atoms. The van der Waals surface area contributed by atoms with Crippen molar-refractivity contribution >= 4 is 23.2 Å². The Morgan fingerprint density at radius 1 is 1.29 bits per heavy atom. The van der Waals surface area contributed by atoms with Crippen LogP contribution in [-0.2, 0) is 9.47 Å². The van der Waals surface area contributed by atoms with Crippen molar-refractivity contribution in [2.45, 2.75) is 31.6 Å². The zero-order valence-corrected chi connectivity index (χ0v) is 13.8. The van der Waals surface area contributed by atoms with E-state index in [-0.39, 0.29) is 12.2 Å². The van der Waals surface area contributed by atoms with E-state index < -0.39 is 0 Å². The van der Waals surface area contributed by atoms with E-state index in [1.54, 1.807) is 13.2 Å². The molecule has 1 aromatic carbocycles. The van der Waals surface area contributed by atoms with Crippen LogP contribution in [0.25, 0.3) is 0 Å². The highest BCUT2D eigenvalue weighted by Gasteiger charge is 2.43. The fourth-order valence-electron chi connectivity index (χ4n) is 2.39. The summed E-state index contributed by atoms with van der Waals surface area (Å²) in [7, 11) is 1.66. The Morgan fingerprint density at radius 3 is 2.81 bits per heavy atom. The monoisotopic (exact) mass is 333 g/mol. The molecule has 0 spiro atoms. The molecule has 1 saturated carbocycles. The van der Waals surface area contributed by atoms with Gasteiger partial charge in [0.1, 0.15) is 23.0 Å².